The Morgan fingerprint density at radius 1 is 1.24 bits per heavy atom. The number of ether oxygens (including phenoxy) is 1. The van der Waals surface area contributed by atoms with Crippen LogP contribution >= 0.6 is 0 Å². The van der Waals surface area contributed by atoms with Crippen molar-refractivity contribution in [3.63, 3.8) is 0 Å². The average molecular weight is 279 g/mol. The van der Waals surface area contributed by atoms with Crippen LogP contribution in [0, 0.1) is 0 Å². The number of hydrogen-bond acceptors (Lipinski definition) is 3. The standard InChI is InChI=1S/C16H14BNO3/c1-20-16-9-18(15-5-3-2-4-13(15)16)12-7-6-11-10-21-17(19)14(11)8-12/h2-9,19H,10H2,1H3. The summed E-state index contributed by atoms with van der Waals surface area (Å²) in [6.45, 7) is 0.465. The van der Waals surface area contributed by atoms with Crippen LogP contribution in [0.1, 0.15) is 5.56 Å². The average Bonchev–Trinajstić information content (AvgIpc) is 3.08. The van der Waals surface area contributed by atoms with E-state index in [0.717, 1.165) is 33.4 Å². The molecular weight excluding hydrogens is 265 g/mol. The number of rotatable bonds is 2. The third kappa shape index (κ3) is 1.86. The lowest BCUT2D eigenvalue weighted by Gasteiger charge is -2.07. The van der Waals surface area contributed by atoms with Crippen molar-refractivity contribution in [1.82, 2.24) is 4.57 Å². The molecule has 0 amide bonds. The van der Waals surface area contributed by atoms with Crippen molar-refractivity contribution < 1.29 is 14.4 Å². The first-order valence-electron chi connectivity index (χ1n) is 6.85. The largest absolute Gasteiger partial charge is 0.494 e. The van der Waals surface area contributed by atoms with Crippen molar-refractivity contribution >= 4 is 23.5 Å². The minimum Gasteiger partial charge on any atom is -0.494 e. The summed E-state index contributed by atoms with van der Waals surface area (Å²) in [4.78, 5) is 0. The predicted molar refractivity (Wildman–Crippen MR) is 82.2 cm³/mol. The summed E-state index contributed by atoms with van der Waals surface area (Å²) < 4.78 is 12.8. The second-order valence-electron chi connectivity index (χ2n) is 5.13. The van der Waals surface area contributed by atoms with E-state index in [-0.39, 0.29) is 0 Å². The lowest BCUT2D eigenvalue weighted by Crippen LogP contribution is -2.28. The van der Waals surface area contributed by atoms with Gasteiger partial charge in [-0.2, -0.15) is 0 Å². The molecule has 21 heavy (non-hydrogen) atoms. The Morgan fingerprint density at radius 3 is 2.95 bits per heavy atom. The number of para-hydroxylation sites is 1. The number of aromatic nitrogens is 1. The van der Waals surface area contributed by atoms with Crippen molar-refractivity contribution in [3.8, 4) is 11.4 Å². The maximum absolute atomic E-state index is 9.86. The molecule has 0 saturated carbocycles. The van der Waals surface area contributed by atoms with Crippen LogP contribution in [-0.4, -0.2) is 23.8 Å². The normalized spacial score (nSPS) is 13.7. The molecule has 0 aliphatic carbocycles. The van der Waals surface area contributed by atoms with Crippen molar-refractivity contribution in [2.75, 3.05) is 7.11 Å². The van der Waals surface area contributed by atoms with Crippen LogP contribution in [-0.2, 0) is 11.3 Å². The van der Waals surface area contributed by atoms with E-state index in [1.807, 2.05) is 42.6 Å². The van der Waals surface area contributed by atoms with Gasteiger partial charge in [0.15, 0.2) is 0 Å². The van der Waals surface area contributed by atoms with Gasteiger partial charge in [0.25, 0.3) is 0 Å². The maximum Gasteiger partial charge on any atom is 0.491 e. The van der Waals surface area contributed by atoms with Gasteiger partial charge in [-0.15, -0.1) is 0 Å². The Hall–Kier alpha value is -2.24. The lowest BCUT2D eigenvalue weighted by atomic mass is 9.79. The third-order valence-electron chi connectivity index (χ3n) is 3.97. The molecule has 1 aromatic heterocycles. The summed E-state index contributed by atoms with van der Waals surface area (Å²) in [5, 5.41) is 10.9. The summed E-state index contributed by atoms with van der Waals surface area (Å²) in [6.07, 6.45) is 1.97. The smallest absolute Gasteiger partial charge is 0.491 e. The monoisotopic (exact) mass is 279 g/mol. The van der Waals surface area contributed by atoms with E-state index in [0.29, 0.717) is 6.61 Å². The van der Waals surface area contributed by atoms with Gasteiger partial charge in [0.2, 0.25) is 0 Å². The number of fused-ring (bicyclic) bond motifs is 2. The summed E-state index contributed by atoms with van der Waals surface area (Å²) >= 11 is 0. The molecule has 4 rings (SSSR count). The highest BCUT2D eigenvalue weighted by atomic mass is 16.5. The van der Waals surface area contributed by atoms with Gasteiger partial charge < -0.3 is 19.0 Å². The highest BCUT2D eigenvalue weighted by molar-refractivity contribution is 6.61. The Balaban J connectivity index is 1.93. The Morgan fingerprint density at radius 2 is 2.10 bits per heavy atom. The van der Waals surface area contributed by atoms with E-state index in [1.54, 1.807) is 7.11 Å². The number of hydrogen-bond donors (Lipinski definition) is 1. The van der Waals surface area contributed by atoms with Crippen LogP contribution in [0.2, 0.25) is 0 Å². The van der Waals surface area contributed by atoms with Crippen LogP contribution in [0.5, 0.6) is 5.75 Å². The highest BCUT2D eigenvalue weighted by Gasteiger charge is 2.27. The van der Waals surface area contributed by atoms with E-state index < -0.39 is 7.12 Å². The summed E-state index contributed by atoms with van der Waals surface area (Å²) in [7, 11) is 0.843. The molecule has 0 atom stereocenters. The van der Waals surface area contributed by atoms with Crippen molar-refractivity contribution in [1.29, 1.82) is 0 Å². The van der Waals surface area contributed by atoms with Gasteiger partial charge in [0, 0.05) is 11.1 Å². The summed E-state index contributed by atoms with van der Waals surface area (Å²) in [5.41, 5.74) is 3.93. The highest BCUT2D eigenvalue weighted by Crippen LogP contribution is 2.30. The maximum atomic E-state index is 9.86. The number of benzene rings is 2. The molecule has 1 aliphatic rings. The first kappa shape index (κ1) is 12.5. The first-order valence-corrected chi connectivity index (χ1v) is 6.85. The molecule has 0 bridgehead atoms. The molecule has 4 nitrogen and oxygen atoms in total. The molecular formula is C16H14BNO3. The zero-order valence-electron chi connectivity index (χ0n) is 11.6. The fourth-order valence-electron chi connectivity index (χ4n) is 2.88. The molecule has 2 aromatic carbocycles. The second-order valence-corrected chi connectivity index (χ2v) is 5.13. The van der Waals surface area contributed by atoms with Crippen LogP contribution in [0.4, 0.5) is 0 Å². The fourth-order valence-corrected chi connectivity index (χ4v) is 2.88. The Kier molecular flexibility index (Phi) is 2.77. The first-order chi connectivity index (χ1) is 10.3. The van der Waals surface area contributed by atoms with E-state index in [2.05, 4.69) is 10.6 Å². The van der Waals surface area contributed by atoms with Gasteiger partial charge >= 0.3 is 7.12 Å². The number of methoxy groups -OCH3 is 1. The molecule has 0 saturated heterocycles. The van der Waals surface area contributed by atoms with Crippen molar-refractivity contribution in [2.45, 2.75) is 6.61 Å². The second kappa shape index (κ2) is 4.65. The minimum atomic E-state index is -0.830. The fraction of sp³-hybridized carbons (Fsp3) is 0.125. The van der Waals surface area contributed by atoms with E-state index >= 15 is 0 Å². The minimum absolute atomic E-state index is 0.465. The van der Waals surface area contributed by atoms with Crippen LogP contribution < -0.4 is 10.2 Å². The quantitative estimate of drug-likeness (QED) is 0.728. The van der Waals surface area contributed by atoms with E-state index in [1.165, 1.54) is 0 Å². The Bertz CT molecular complexity index is 828. The van der Waals surface area contributed by atoms with Gasteiger partial charge in [-0.3, -0.25) is 0 Å². The summed E-state index contributed by atoms with van der Waals surface area (Å²) in [5.74, 6) is 0.836. The molecule has 0 spiro atoms. The zero-order chi connectivity index (χ0) is 14.4. The molecule has 1 N–H and O–H groups in total. The van der Waals surface area contributed by atoms with Crippen LogP contribution in [0.25, 0.3) is 16.6 Å². The zero-order valence-corrected chi connectivity index (χ0v) is 11.6. The van der Waals surface area contributed by atoms with Gasteiger partial charge in [0.1, 0.15) is 5.75 Å². The van der Waals surface area contributed by atoms with Crippen LogP contribution in [0.3, 0.4) is 0 Å². The topological polar surface area (TPSA) is 43.6 Å². The summed E-state index contributed by atoms with van der Waals surface area (Å²) in [6, 6.07) is 14.1. The number of nitrogens with zero attached hydrogens (tertiary/aromatic N) is 1. The van der Waals surface area contributed by atoms with Crippen molar-refractivity contribution in [2.24, 2.45) is 0 Å². The van der Waals surface area contributed by atoms with Gasteiger partial charge in [-0.05, 0) is 35.3 Å². The van der Waals surface area contributed by atoms with Gasteiger partial charge in [-0.25, -0.2) is 0 Å². The predicted octanol–water partition coefficient (Wildman–Crippen LogP) is 1.86. The molecule has 0 fully saturated rings. The Labute approximate surface area is 122 Å². The molecule has 104 valence electrons. The van der Waals surface area contributed by atoms with E-state index in [9.17, 15) is 5.02 Å². The van der Waals surface area contributed by atoms with E-state index in [4.69, 9.17) is 9.39 Å². The van der Waals surface area contributed by atoms with Crippen LogP contribution in [0.15, 0.2) is 48.7 Å². The molecule has 0 unspecified atom stereocenters. The SMILES string of the molecule is COc1cn(-c2ccc3c(c2)B(O)OC3)c2ccccc12. The van der Waals surface area contributed by atoms with Crippen molar-refractivity contribution in [3.05, 3.63) is 54.2 Å². The third-order valence-corrected chi connectivity index (χ3v) is 3.97. The lowest BCUT2D eigenvalue weighted by molar-refractivity contribution is 0.275. The molecule has 5 heteroatoms. The van der Waals surface area contributed by atoms with Gasteiger partial charge in [0.05, 0.1) is 25.4 Å². The van der Waals surface area contributed by atoms with Gasteiger partial charge in [-0.1, -0.05) is 18.2 Å². The molecule has 2 heterocycles. The molecule has 1 aliphatic heterocycles. The molecule has 0 radical (unpaired) electrons. The molecule has 3 aromatic rings.